The van der Waals surface area contributed by atoms with Crippen LogP contribution in [0.5, 0.6) is 0 Å². The van der Waals surface area contributed by atoms with Crippen LogP contribution in [0.3, 0.4) is 0 Å². The lowest BCUT2D eigenvalue weighted by Gasteiger charge is -1.98. The fourth-order valence-corrected chi connectivity index (χ4v) is 0.360. The third-order valence-corrected chi connectivity index (χ3v) is 0.666. The first-order valence-corrected chi connectivity index (χ1v) is 2.04. The van der Waals surface area contributed by atoms with Gasteiger partial charge in [-0.1, -0.05) is 6.58 Å². The van der Waals surface area contributed by atoms with Crippen molar-refractivity contribution in [1.82, 2.24) is 5.43 Å². The number of hydrogen-bond acceptors (Lipinski definition) is 2. The molecule has 1 aliphatic rings. The molecule has 0 atom stereocenters. The molecule has 0 saturated carbocycles. The maximum Gasteiger partial charge on any atom is 0.0490 e. The highest BCUT2D eigenvalue weighted by Crippen LogP contribution is 1.88. The highest BCUT2D eigenvalue weighted by molar-refractivity contribution is 5.72. The monoisotopic (exact) mass is 94.1 g/mol. The van der Waals surface area contributed by atoms with Crippen molar-refractivity contribution in [2.75, 3.05) is 0 Å². The van der Waals surface area contributed by atoms with Crippen molar-refractivity contribution >= 4 is 6.21 Å². The zero-order chi connectivity index (χ0) is 5.11. The summed E-state index contributed by atoms with van der Waals surface area (Å²) in [5, 5.41) is 3.70. The summed E-state index contributed by atoms with van der Waals surface area (Å²) in [6.45, 7) is 3.60. The molecule has 36 valence electrons. The Morgan fingerprint density at radius 1 is 1.71 bits per heavy atom. The topological polar surface area (TPSA) is 24.4 Å². The number of rotatable bonds is 0. The SMILES string of the molecule is C=C1C=CC=NN1. The molecule has 0 saturated heterocycles. The van der Waals surface area contributed by atoms with Gasteiger partial charge in [0.25, 0.3) is 0 Å². The van der Waals surface area contributed by atoms with E-state index in [0.717, 1.165) is 5.70 Å². The molecule has 2 nitrogen and oxygen atoms in total. The van der Waals surface area contributed by atoms with Gasteiger partial charge in [0.05, 0.1) is 0 Å². The normalized spacial score (nSPS) is 16.9. The van der Waals surface area contributed by atoms with Crippen LogP contribution in [-0.2, 0) is 0 Å². The molecule has 0 aliphatic carbocycles. The molecule has 0 aromatic rings. The van der Waals surface area contributed by atoms with Crippen molar-refractivity contribution < 1.29 is 0 Å². The van der Waals surface area contributed by atoms with Crippen LogP contribution in [0.25, 0.3) is 0 Å². The zero-order valence-electron chi connectivity index (χ0n) is 3.89. The van der Waals surface area contributed by atoms with Gasteiger partial charge >= 0.3 is 0 Å². The summed E-state index contributed by atoms with van der Waals surface area (Å²) in [5.74, 6) is 0. The molecule has 0 unspecified atom stereocenters. The fraction of sp³-hybridized carbons (Fsp3) is 0. The Morgan fingerprint density at radius 2 is 2.57 bits per heavy atom. The average Bonchev–Trinajstić information content (AvgIpc) is 1.69. The lowest BCUT2D eigenvalue weighted by atomic mass is 10.4. The molecule has 1 N–H and O–H groups in total. The molecular formula is C5H6N2. The predicted octanol–water partition coefficient (Wildman–Crippen LogP) is 0.645. The molecule has 1 heterocycles. The summed E-state index contributed by atoms with van der Waals surface area (Å²) < 4.78 is 0. The Hall–Kier alpha value is -1.05. The minimum absolute atomic E-state index is 0.836. The molecule has 0 amide bonds. The first-order chi connectivity index (χ1) is 3.39. The second-order valence-corrected chi connectivity index (χ2v) is 1.27. The predicted molar refractivity (Wildman–Crippen MR) is 29.9 cm³/mol. The van der Waals surface area contributed by atoms with Gasteiger partial charge in [-0.15, -0.1) is 0 Å². The van der Waals surface area contributed by atoms with Crippen molar-refractivity contribution in [3.05, 3.63) is 24.4 Å². The van der Waals surface area contributed by atoms with Gasteiger partial charge in [-0.2, -0.15) is 5.10 Å². The van der Waals surface area contributed by atoms with Crippen LogP contribution < -0.4 is 5.43 Å². The second-order valence-electron chi connectivity index (χ2n) is 1.27. The Morgan fingerprint density at radius 3 is 2.86 bits per heavy atom. The lowest BCUT2D eigenvalue weighted by molar-refractivity contribution is 0.922. The molecule has 0 bridgehead atoms. The molecule has 1 aliphatic heterocycles. The summed E-state index contributed by atoms with van der Waals surface area (Å²) in [7, 11) is 0. The van der Waals surface area contributed by atoms with Gasteiger partial charge in [0, 0.05) is 11.9 Å². The van der Waals surface area contributed by atoms with E-state index >= 15 is 0 Å². The van der Waals surface area contributed by atoms with Crippen molar-refractivity contribution in [1.29, 1.82) is 0 Å². The Kier molecular flexibility index (Phi) is 0.941. The van der Waals surface area contributed by atoms with E-state index in [1.54, 1.807) is 6.21 Å². The summed E-state index contributed by atoms with van der Waals surface area (Å²) in [6, 6.07) is 0. The standard InChI is InChI=1S/C5H6N2/c1-5-3-2-4-6-7-5/h2-4,7H,1H2. The van der Waals surface area contributed by atoms with Crippen LogP contribution in [0.2, 0.25) is 0 Å². The van der Waals surface area contributed by atoms with Crippen LogP contribution >= 0.6 is 0 Å². The molecule has 0 aromatic heterocycles. The summed E-state index contributed by atoms with van der Waals surface area (Å²) >= 11 is 0. The van der Waals surface area contributed by atoms with Crippen LogP contribution in [0.1, 0.15) is 0 Å². The summed E-state index contributed by atoms with van der Waals surface area (Å²) in [5.41, 5.74) is 3.51. The van der Waals surface area contributed by atoms with Gasteiger partial charge in [0.2, 0.25) is 0 Å². The van der Waals surface area contributed by atoms with Gasteiger partial charge in [-0.25, -0.2) is 0 Å². The molecule has 7 heavy (non-hydrogen) atoms. The van der Waals surface area contributed by atoms with Gasteiger partial charge in [0.1, 0.15) is 0 Å². The lowest BCUT2D eigenvalue weighted by Crippen LogP contribution is -2.03. The Bertz CT molecular complexity index is 133. The second kappa shape index (κ2) is 1.60. The van der Waals surface area contributed by atoms with Gasteiger partial charge in [-0.3, -0.25) is 5.43 Å². The molecule has 1 rings (SSSR count). The smallest absolute Gasteiger partial charge is 0.0490 e. The van der Waals surface area contributed by atoms with Gasteiger partial charge in [-0.05, 0) is 12.2 Å². The Labute approximate surface area is 42.2 Å². The molecular weight excluding hydrogens is 88.1 g/mol. The van der Waals surface area contributed by atoms with E-state index < -0.39 is 0 Å². The third kappa shape index (κ3) is 0.892. The van der Waals surface area contributed by atoms with E-state index in [1.807, 2.05) is 12.2 Å². The van der Waals surface area contributed by atoms with E-state index in [2.05, 4.69) is 17.1 Å². The van der Waals surface area contributed by atoms with Crippen LogP contribution in [-0.4, -0.2) is 6.21 Å². The van der Waals surface area contributed by atoms with Crippen LogP contribution in [0.4, 0.5) is 0 Å². The highest BCUT2D eigenvalue weighted by Gasteiger charge is 1.83. The first kappa shape index (κ1) is 4.12. The minimum atomic E-state index is 0.836. The van der Waals surface area contributed by atoms with E-state index in [0.29, 0.717) is 0 Å². The van der Waals surface area contributed by atoms with E-state index in [1.165, 1.54) is 0 Å². The van der Waals surface area contributed by atoms with Gasteiger partial charge < -0.3 is 0 Å². The number of allylic oxidation sites excluding steroid dienone is 2. The number of hydrogen-bond donors (Lipinski definition) is 1. The molecule has 0 radical (unpaired) electrons. The van der Waals surface area contributed by atoms with Crippen LogP contribution in [0, 0.1) is 0 Å². The third-order valence-electron chi connectivity index (χ3n) is 0.666. The maximum atomic E-state index is 3.70. The summed E-state index contributed by atoms with van der Waals surface area (Å²) in [4.78, 5) is 0. The molecule has 2 heteroatoms. The zero-order valence-corrected chi connectivity index (χ0v) is 3.89. The van der Waals surface area contributed by atoms with E-state index in [-0.39, 0.29) is 0 Å². The van der Waals surface area contributed by atoms with Crippen molar-refractivity contribution in [3.63, 3.8) is 0 Å². The van der Waals surface area contributed by atoms with E-state index in [4.69, 9.17) is 0 Å². The Balaban J connectivity index is 2.66. The maximum absolute atomic E-state index is 3.70. The minimum Gasteiger partial charge on any atom is -0.279 e. The highest BCUT2D eigenvalue weighted by atomic mass is 15.3. The number of nitrogens with zero attached hydrogens (tertiary/aromatic N) is 1. The molecule has 0 fully saturated rings. The largest absolute Gasteiger partial charge is 0.279 e. The molecule has 0 spiro atoms. The summed E-state index contributed by atoms with van der Waals surface area (Å²) in [6.07, 6.45) is 5.36. The van der Waals surface area contributed by atoms with E-state index in [9.17, 15) is 0 Å². The van der Waals surface area contributed by atoms with Crippen molar-refractivity contribution in [3.8, 4) is 0 Å². The van der Waals surface area contributed by atoms with Crippen molar-refractivity contribution in [2.24, 2.45) is 5.10 Å². The van der Waals surface area contributed by atoms with Crippen LogP contribution in [0.15, 0.2) is 29.5 Å². The fourth-order valence-electron chi connectivity index (χ4n) is 0.360. The van der Waals surface area contributed by atoms with Crippen molar-refractivity contribution in [2.45, 2.75) is 0 Å². The number of nitrogens with one attached hydrogen (secondary N) is 1. The van der Waals surface area contributed by atoms with Gasteiger partial charge in [0.15, 0.2) is 0 Å². The first-order valence-electron chi connectivity index (χ1n) is 2.04. The average molecular weight is 94.1 g/mol. The molecule has 0 aromatic carbocycles. The quantitative estimate of drug-likeness (QED) is 0.468. The number of hydrazone groups is 1.